The molecule has 4 N–H and O–H groups in total. The molecule has 0 bridgehead atoms. The van der Waals surface area contributed by atoms with Crippen LogP contribution in [0.3, 0.4) is 0 Å². The maximum Gasteiger partial charge on any atom is 0.337 e. The first-order valence-electron chi connectivity index (χ1n) is 5.99. The van der Waals surface area contributed by atoms with E-state index >= 15 is 0 Å². The van der Waals surface area contributed by atoms with Crippen LogP contribution in [0.15, 0.2) is 42.5 Å². The van der Waals surface area contributed by atoms with Gasteiger partial charge in [-0.2, -0.15) is 0 Å². The lowest BCUT2D eigenvalue weighted by Gasteiger charge is -2.12. The molecule has 0 aromatic heterocycles. The van der Waals surface area contributed by atoms with Crippen LogP contribution in [0.4, 0.5) is 11.4 Å². The number of aryl methyl sites for hydroxylation is 1. The molecule has 98 valence electrons. The van der Waals surface area contributed by atoms with Gasteiger partial charge in [0.15, 0.2) is 0 Å². The van der Waals surface area contributed by atoms with Crippen molar-refractivity contribution in [3.05, 3.63) is 59.2 Å². The van der Waals surface area contributed by atoms with E-state index in [9.17, 15) is 4.79 Å². The van der Waals surface area contributed by atoms with E-state index in [1.54, 1.807) is 12.1 Å². The Bertz CT molecular complexity index is 609. The normalized spacial score (nSPS) is 10.2. The molecule has 0 spiro atoms. The van der Waals surface area contributed by atoms with E-state index in [-0.39, 0.29) is 11.3 Å². The number of aromatic carboxylic acids is 1. The molecule has 19 heavy (non-hydrogen) atoms. The van der Waals surface area contributed by atoms with Gasteiger partial charge in [-0.05, 0) is 30.2 Å². The van der Waals surface area contributed by atoms with Gasteiger partial charge in [-0.3, -0.25) is 0 Å². The molecule has 2 aromatic rings. The van der Waals surface area contributed by atoms with Crippen molar-refractivity contribution in [2.45, 2.75) is 13.5 Å². The van der Waals surface area contributed by atoms with E-state index in [4.69, 9.17) is 10.8 Å². The van der Waals surface area contributed by atoms with Crippen molar-refractivity contribution >= 4 is 17.3 Å². The standard InChI is InChI=1S/C15H16N2O2/c1-10-5-2-3-6-11(10)9-17-13-8-4-7-12(14(13)16)15(18)19/h2-8,17H,9,16H2,1H3,(H,18,19). The fourth-order valence-corrected chi connectivity index (χ4v) is 1.90. The number of rotatable bonds is 4. The highest BCUT2D eigenvalue weighted by Crippen LogP contribution is 2.23. The predicted molar refractivity (Wildman–Crippen MR) is 76.3 cm³/mol. The van der Waals surface area contributed by atoms with Crippen LogP contribution in [0.5, 0.6) is 0 Å². The zero-order chi connectivity index (χ0) is 13.8. The number of nitrogens with two attached hydrogens (primary N) is 1. The maximum absolute atomic E-state index is 11.0. The summed E-state index contributed by atoms with van der Waals surface area (Å²) in [7, 11) is 0. The topological polar surface area (TPSA) is 75.3 Å². The molecule has 2 rings (SSSR count). The zero-order valence-electron chi connectivity index (χ0n) is 10.7. The predicted octanol–water partition coefficient (Wildman–Crippen LogP) is 2.89. The number of para-hydroxylation sites is 1. The quantitative estimate of drug-likeness (QED) is 0.735. The lowest BCUT2D eigenvalue weighted by Crippen LogP contribution is -2.08. The fourth-order valence-electron chi connectivity index (χ4n) is 1.90. The molecule has 4 heteroatoms. The van der Waals surface area contributed by atoms with E-state index in [1.807, 2.05) is 31.2 Å². The van der Waals surface area contributed by atoms with Crippen LogP contribution >= 0.6 is 0 Å². The smallest absolute Gasteiger partial charge is 0.337 e. The summed E-state index contributed by atoms with van der Waals surface area (Å²) in [4.78, 5) is 11.0. The van der Waals surface area contributed by atoms with Crippen molar-refractivity contribution in [1.82, 2.24) is 0 Å². The Morgan fingerprint density at radius 1 is 1.21 bits per heavy atom. The van der Waals surface area contributed by atoms with Crippen molar-refractivity contribution in [3.63, 3.8) is 0 Å². The fraction of sp³-hybridized carbons (Fsp3) is 0.133. The number of benzene rings is 2. The monoisotopic (exact) mass is 256 g/mol. The van der Waals surface area contributed by atoms with Gasteiger partial charge in [0.05, 0.1) is 16.9 Å². The molecule has 0 atom stereocenters. The van der Waals surface area contributed by atoms with E-state index in [2.05, 4.69) is 5.32 Å². The summed E-state index contributed by atoms with van der Waals surface area (Å²) in [5, 5.41) is 12.2. The summed E-state index contributed by atoms with van der Waals surface area (Å²) in [6, 6.07) is 13.0. The van der Waals surface area contributed by atoms with Gasteiger partial charge in [0.25, 0.3) is 0 Å². The van der Waals surface area contributed by atoms with Gasteiger partial charge in [-0.15, -0.1) is 0 Å². The van der Waals surface area contributed by atoms with Crippen LogP contribution in [0.2, 0.25) is 0 Å². The average molecular weight is 256 g/mol. The minimum atomic E-state index is -1.02. The molecule has 0 amide bonds. The first kappa shape index (κ1) is 13.0. The second kappa shape index (κ2) is 5.44. The van der Waals surface area contributed by atoms with Crippen molar-refractivity contribution < 1.29 is 9.90 Å². The molecule has 0 saturated heterocycles. The highest BCUT2D eigenvalue weighted by molar-refractivity contribution is 5.97. The second-order valence-corrected chi connectivity index (χ2v) is 4.35. The minimum absolute atomic E-state index is 0.120. The van der Waals surface area contributed by atoms with Crippen molar-refractivity contribution in [3.8, 4) is 0 Å². The van der Waals surface area contributed by atoms with Crippen LogP contribution in [0.25, 0.3) is 0 Å². The van der Waals surface area contributed by atoms with Crippen LogP contribution in [0, 0.1) is 6.92 Å². The van der Waals surface area contributed by atoms with Crippen LogP contribution in [-0.4, -0.2) is 11.1 Å². The maximum atomic E-state index is 11.0. The Morgan fingerprint density at radius 2 is 1.95 bits per heavy atom. The lowest BCUT2D eigenvalue weighted by atomic mass is 10.1. The number of nitrogens with one attached hydrogen (secondary N) is 1. The Morgan fingerprint density at radius 3 is 2.63 bits per heavy atom. The van der Waals surface area contributed by atoms with Gasteiger partial charge >= 0.3 is 5.97 Å². The van der Waals surface area contributed by atoms with Gasteiger partial charge in [-0.25, -0.2) is 4.79 Å². The first-order valence-corrected chi connectivity index (χ1v) is 5.99. The summed E-state index contributed by atoms with van der Waals surface area (Å²) in [6.07, 6.45) is 0. The molecule has 0 aliphatic rings. The number of hydrogen-bond donors (Lipinski definition) is 3. The van der Waals surface area contributed by atoms with E-state index in [0.717, 1.165) is 5.56 Å². The number of carboxylic acids is 1. The number of carboxylic acid groups (broad SMARTS) is 1. The Kier molecular flexibility index (Phi) is 3.71. The molecule has 0 unspecified atom stereocenters. The van der Waals surface area contributed by atoms with Gasteiger partial charge in [-0.1, -0.05) is 30.3 Å². The zero-order valence-corrected chi connectivity index (χ0v) is 10.7. The number of hydrogen-bond acceptors (Lipinski definition) is 3. The molecular formula is C15H16N2O2. The third kappa shape index (κ3) is 2.85. The van der Waals surface area contributed by atoms with Crippen molar-refractivity contribution in [2.24, 2.45) is 0 Å². The molecule has 2 aromatic carbocycles. The summed E-state index contributed by atoms with van der Waals surface area (Å²) >= 11 is 0. The third-order valence-corrected chi connectivity index (χ3v) is 3.07. The Hall–Kier alpha value is -2.49. The molecular weight excluding hydrogens is 240 g/mol. The average Bonchev–Trinajstić information content (AvgIpc) is 2.39. The number of nitrogen functional groups attached to an aromatic ring is 1. The molecule has 0 aliphatic carbocycles. The van der Waals surface area contributed by atoms with Gasteiger partial charge in [0.1, 0.15) is 0 Å². The van der Waals surface area contributed by atoms with Gasteiger partial charge in [0, 0.05) is 6.54 Å². The van der Waals surface area contributed by atoms with Gasteiger partial charge < -0.3 is 16.2 Å². The van der Waals surface area contributed by atoms with Crippen LogP contribution < -0.4 is 11.1 Å². The van der Waals surface area contributed by atoms with E-state index in [1.165, 1.54) is 11.6 Å². The Labute approximate surface area is 111 Å². The van der Waals surface area contributed by atoms with Crippen LogP contribution in [-0.2, 0) is 6.54 Å². The molecule has 0 heterocycles. The SMILES string of the molecule is Cc1ccccc1CNc1cccc(C(=O)O)c1N. The molecule has 0 radical (unpaired) electrons. The van der Waals surface area contributed by atoms with Crippen LogP contribution in [0.1, 0.15) is 21.5 Å². The highest BCUT2D eigenvalue weighted by atomic mass is 16.4. The highest BCUT2D eigenvalue weighted by Gasteiger charge is 2.10. The summed E-state index contributed by atoms with van der Waals surface area (Å²) in [5.74, 6) is -1.02. The molecule has 0 saturated carbocycles. The largest absolute Gasteiger partial charge is 0.478 e. The summed E-state index contributed by atoms with van der Waals surface area (Å²) in [6.45, 7) is 2.65. The third-order valence-electron chi connectivity index (χ3n) is 3.07. The van der Waals surface area contributed by atoms with Gasteiger partial charge in [0.2, 0.25) is 0 Å². The lowest BCUT2D eigenvalue weighted by molar-refractivity contribution is 0.0698. The van der Waals surface area contributed by atoms with Crippen molar-refractivity contribution in [1.29, 1.82) is 0 Å². The molecule has 0 fully saturated rings. The van der Waals surface area contributed by atoms with E-state index in [0.29, 0.717) is 12.2 Å². The minimum Gasteiger partial charge on any atom is -0.478 e. The van der Waals surface area contributed by atoms with Crippen molar-refractivity contribution in [2.75, 3.05) is 11.1 Å². The number of carbonyl (C=O) groups is 1. The second-order valence-electron chi connectivity index (χ2n) is 4.35. The first-order chi connectivity index (χ1) is 9.09. The summed E-state index contributed by atoms with van der Waals surface area (Å²) < 4.78 is 0. The molecule has 0 aliphatic heterocycles. The van der Waals surface area contributed by atoms with E-state index < -0.39 is 5.97 Å². The number of anilines is 2. The summed E-state index contributed by atoms with van der Waals surface area (Å²) in [5.41, 5.74) is 9.21. The molecule has 4 nitrogen and oxygen atoms in total. The Balaban J connectivity index is 2.19.